The number of rotatable bonds is 3. The van der Waals surface area contributed by atoms with Gasteiger partial charge in [0.25, 0.3) is 0 Å². The van der Waals surface area contributed by atoms with Crippen LogP contribution in [-0.2, 0) is 14.8 Å². The molecule has 1 aliphatic heterocycles. The van der Waals surface area contributed by atoms with Gasteiger partial charge in [0.2, 0.25) is 10.0 Å². The van der Waals surface area contributed by atoms with Crippen LogP contribution in [0.15, 0.2) is 21.6 Å². The normalized spacial score (nSPS) is 19.8. The van der Waals surface area contributed by atoms with E-state index in [2.05, 4.69) is 26.2 Å². The van der Waals surface area contributed by atoms with E-state index < -0.39 is 15.6 Å². The van der Waals surface area contributed by atoms with Crippen molar-refractivity contribution in [3.8, 4) is 0 Å². The van der Waals surface area contributed by atoms with Gasteiger partial charge in [-0.3, -0.25) is 0 Å². The second kappa shape index (κ2) is 5.59. The molecule has 1 N–H and O–H groups in total. The van der Waals surface area contributed by atoms with Crippen molar-refractivity contribution in [2.45, 2.75) is 24.3 Å². The van der Waals surface area contributed by atoms with Gasteiger partial charge in [-0.2, -0.15) is 4.31 Å². The van der Waals surface area contributed by atoms with Crippen LogP contribution in [0.25, 0.3) is 0 Å². The van der Waals surface area contributed by atoms with Crippen LogP contribution in [-0.4, -0.2) is 50.1 Å². The molecule has 20 heavy (non-hydrogen) atoms. The van der Waals surface area contributed by atoms with Crippen LogP contribution in [0.3, 0.4) is 0 Å². The van der Waals surface area contributed by atoms with Gasteiger partial charge in [-0.05, 0) is 35.8 Å². The number of sulfonamides is 1. The van der Waals surface area contributed by atoms with Crippen LogP contribution in [0.2, 0.25) is 0 Å². The SMILES string of the molecule is CNc1ncc(Br)cc1S(=O)(=O)N1CCOC(C)(C)C1. The number of nitrogens with zero attached hydrogens (tertiary/aromatic N) is 2. The lowest BCUT2D eigenvalue weighted by molar-refractivity contribution is -0.0640. The molecular formula is C12H18BrN3O3S. The minimum absolute atomic E-state index is 0.173. The molecular weight excluding hydrogens is 346 g/mol. The van der Waals surface area contributed by atoms with E-state index in [1.165, 1.54) is 4.31 Å². The summed E-state index contributed by atoms with van der Waals surface area (Å²) in [5.41, 5.74) is -0.482. The molecule has 1 aromatic rings. The average Bonchev–Trinajstić information content (AvgIpc) is 2.37. The molecule has 8 heteroatoms. The van der Waals surface area contributed by atoms with Crippen LogP contribution in [0.4, 0.5) is 5.82 Å². The summed E-state index contributed by atoms with van der Waals surface area (Å²) in [6.45, 7) is 4.83. The van der Waals surface area contributed by atoms with E-state index in [4.69, 9.17) is 4.74 Å². The summed E-state index contributed by atoms with van der Waals surface area (Å²) in [6.07, 6.45) is 1.56. The van der Waals surface area contributed by atoms with E-state index in [-0.39, 0.29) is 4.90 Å². The number of halogens is 1. The Morgan fingerprint density at radius 2 is 2.20 bits per heavy atom. The molecule has 112 valence electrons. The summed E-state index contributed by atoms with van der Waals surface area (Å²) in [7, 11) is -1.95. The minimum atomic E-state index is -3.60. The smallest absolute Gasteiger partial charge is 0.246 e. The predicted octanol–water partition coefficient (Wildman–Crippen LogP) is 1.69. The monoisotopic (exact) mass is 363 g/mol. The Hall–Kier alpha value is -0.700. The first-order chi connectivity index (χ1) is 9.26. The van der Waals surface area contributed by atoms with Gasteiger partial charge in [0.15, 0.2) is 0 Å². The molecule has 0 spiro atoms. The molecule has 2 rings (SSSR count). The summed E-state index contributed by atoms with van der Waals surface area (Å²) in [4.78, 5) is 4.27. The molecule has 0 amide bonds. The Labute approximate surface area is 127 Å². The molecule has 0 atom stereocenters. The predicted molar refractivity (Wildman–Crippen MR) is 80.3 cm³/mol. The average molecular weight is 364 g/mol. The van der Waals surface area contributed by atoms with Crippen molar-refractivity contribution in [1.29, 1.82) is 0 Å². The minimum Gasteiger partial charge on any atom is -0.373 e. The zero-order valence-corrected chi connectivity index (χ0v) is 14.1. The highest BCUT2D eigenvalue weighted by atomic mass is 79.9. The molecule has 0 aromatic carbocycles. The third-order valence-corrected chi connectivity index (χ3v) is 5.36. The fraction of sp³-hybridized carbons (Fsp3) is 0.583. The Balaban J connectivity index is 2.42. The van der Waals surface area contributed by atoms with Gasteiger partial charge in [0, 0.05) is 30.8 Å². The largest absolute Gasteiger partial charge is 0.373 e. The van der Waals surface area contributed by atoms with E-state index in [1.54, 1.807) is 19.3 Å². The molecule has 0 saturated carbocycles. The number of hydrogen-bond donors (Lipinski definition) is 1. The van der Waals surface area contributed by atoms with Gasteiger partial charge in [-0.1, -0.05) is 0 Å². The Morgan fingerprint density at radius 3 is 2.80 bits per heavy atom. The first-order valence-corrected chi connectivity index (χ1v) is 8.47. The van der Waals surface area contributed by atoms with Crippen LogP contribution in [0.5, 0.6) is 0 Å². The molecule has 1 aromatic heterocycles. The highest BCUT2D eigenvalue weighted by Gasteiger charge is 2.36. The van der Waals surface area contributed by atoms with Crippen LogP contribution in [0, 0.1) is 0 Å². The molecule has 0 bridgehead atoms. The van der Waals surface area contributed by atoms with E-state index in [0.717, 1.165) is 0 Å². The zero-order chi connectivity index (χ0) is 15.0. The van der Waals surface area contributed by atoms with E-state index in [9.17, 15) is 8.42 Å². The summed E-state index contributed by atoms with van der Waals surface area (Å²) in [5.74, 6) is 0.345. The molecule has 1 aliphatic rings. The molecule has 1 saturated heterocycles. The van der Waals surface area contributed by atoms with Crippen molar-refractivity contribution in [1.82, 2.24) is 9.29 Å². The number of nitrogens with one attached hydrogen (secondary N) is 1. The second-order valence-electron chi connectivity index (χ2n) is 5.20. The highest BCUT2D eigenvalue weighted by Crippen LogP contribution is 2.28. The van der Waals surface area contributed by atoms with Gasteiger partial charge >= 0.3 is 0 Å². The van der Waals surface area contributed by atoms with Crippen molar-refractivity contribution in [2.24, 2.45) is 0 Å². The van der Waals surface area contributed by atoms with Crippen LogP contribution >= 0.6 is 15.9 Å². The summed E-state index contributed by atoms with van der Waals surface area (Å²) < 4.78 is 33.2. The van der Waals surface area contributed by atoms with Crippen molar-refractivity contribution < 1.29 is 13.2 Å². The highest BCUT2D eigenvalue weighted by molar-refractivity contribution is 9.10. The molecule has 0 unspecified atom stereocenters. The van der Waals surface area contributed by atoms with Crippen molar-refractivity contribution in [2.75, 3.05) is 32.1 Å². The Kier molecular flexibility index (Phi) is 4.38. The third-order valence-electron chi connectivity index (χ3n) is 3.06. The fourth-order valence-electron chi connectivity index (χ4n) is 2.12. The zero-order valence-electron chi connectivity index (χ0n) is 11.7. The lowest BCUT2D eigenvalue weighted by Gasteiger charge is -2.37. The molecule has 0 radical (unpaired) electrons. The third kappa shape index (κ3) is 3.13. The maximum absolute atomic E-state index is 12.8. The van der Waals surface area contributed by atoms with Gasteiger partial charge < -0.3 is 10.1 Å². The summed E-state index contributed by atoms with van der Waals surface area (Å²) >= 11 is 3.27. The summed E-state index contributed by atoms with van der Waals surface area (Å²) in [5, 5.41) is 2.82. The standard InChI is InChI=1S/C12H18BrN3O3S/c1-12(2)8-16(4-5-19-12)20(17,18)10-6-9(13)7-15-11(10)14-3/h6-7H,4-5,8H2,1-3H3,(H,14,15). The van der Waals surface area contributed by atoms with E-state index in [0.29, 0.717) is 30.0 Å². The summed E-state index contributed by atoms with van der Waals surface area (Å²) in [6, 6.07) is 1.57. The Morgan fingerprint density at radius 1 is 1.50 bits per heavy atom. The molecule has 2 heterocycles. The van der Waals surface area contributed by atoms with Crippen LogP contribution < -0.4 is 5.32 Å². The second-order valence-corrected chi connectivity index (χ2v) is 8.02. The number of anilines is 1. The van der Waals surface area contributed by atoms with Gasteiger partial charge in [-0.25, -0.2) is 13.4 Å². The fourth-order valence-corrected chi connectivity index (χ4v) is 4.35. The number of ether oxygens (including phenoxy) is 1. The van der Waals surface area contributed by atoms with E-state index in [1.807, 2.05) is 13.8 Å². The molecule has 1 fully saturated rings. The number of aromatic nitrogens is 1. The lowest BCUT2D eigenvalue weighted by atomic mass is 10.1. The number of morpholine rings is 1. The van der Waals surface area contributed by atoms with Crippen molar-refractivity contribution in [3.63, 3.8) is 0 Å². The van der Waals surface area contributed by atoms with Gasteiger partial charge in [0.05, 0.1) is 12.2 Å². The van der Waals surface area contributed by atoms with Crippen molar-refractivity contribution >= 4 is 31.8 Å². The van der Waals surface area contributed by atoms with Gasteiger partial charge in [-0.15, -0.1) is 0 Å². The topological polar surface area (TPSA) is 71.5 Å². The number of hydrogen-bond acceptors (Lipinski definition) is 5. The van der Waals surface area contributed by atoms with Crippen LogP contribution in [0.1, 0.15) is 13.8 Å². The first-order valence-electron chi connectivity index (χ1n) is 6.24. The maximum Gasteiger partial charge on any atom is 0.246 e. The van der Waals surface area contributed by atoms with Gasteiger partial charge in [0.1, 0.15) is 10.7 Å². The maximum atomic E-state index is 12.8. The quantitative estimate of drug-likeness (QED) is 0.884. The molecule has 6 nitrogen and oxygen atoms in total. The van der Waals surface area contributed by atoms with Crippen molar-refractivity contribution in [3.05, 3.63) is 16.7 Å². The molecule has 0 aliphatic carbocycles. The van der Waals surface area contributed by atoms with E-state index >= 15 is 0 Å². The lowest BCUT2D eigenvalue weighted by Crippen LogP contribution is -2.50. The number of pyridine rings is 1. The first kappa shape index (κ1) is 15.7. The Bertz CT molecular complexity index is 604.